The van der Waals surface area contributed by atoms with Crippen molar-refractivity contribution in [2.24, 2.45) is 0 Å². The number of carbonyl (C=O) groups excluding carboxylic acids is 3. The number of carbonyl (C=O) groups is 3. The zero-order valence-corrected chi connectivity index (χ0v) is 21.7. The Labute approximate surface area is 208 Å². The van der Waals surface area contributed by atoms with Gasteiger partial charge in [-0.25, -0.2) is 24.3 Å². The lowest BCUT2D eigenvalue weighted by molar-refractivity contribution is -0.118. The molecule has 2 N–H and O–H groups in total. The summed E-state index contributed by atoms with van der Waals surface area (Å²) in [5.41, 5.74) is -0.893. The SMILES string of the molecule is C=CCON1C(=O)N2Cc3nc(CN(C(=N)NC(=O)OC(C)(C)C)C(=O)OC(C)(C)C)sc3C1C2. The predicted octanol–water partition coefficient (Wildman–Crippen LogP) is 3.75. The van der Waals surface area contributed by atoms with Gasteiger partial charge in [0, 0.05) is 0 Å². The summed E-state index contributed by atoms with van der Waals surface area (Å²) in [5, 5.41) is 12.5. The van der Waals surface area contributed by atoms with Crippen LogP contribution in [0.25, 0.3) is 0 Å². The molecule has 2 bridgehead atoms. The molecule has 0 saturated carbocycles. The van der Waals surface area contributed by atoms with Gasteiger partial charge in [0.15, 0.2) is 0 Å². The van der Waals surface area contributed by atoms with Gasteiger partial charge in [-0.1, -0.05) is 6.08 Å². The third-order valence-corrected chi connectivity index (χ3v) is 5.86. The number of rotatable bonds is 5. The summed E-state index contributed by atoms with van der Waals surface area (Å²) in [6, 6.07) is -0.561. The van der Waals surface area contributed by atoms with Crippen molar-refractivity contribution in [3.63, 3.8) is 0 Å². The van der Waals surface area contributed by atoms with E-state index < -0.39 is 29.3 Å². The van der Waals surface area contributed by atoms with Crippen LogP contribution in [0.5, 0.6) is 0 Å². The van der Waals surface area contributed by atoms with E-state index in [2.05, 4.69) is 16.9 Å². The second kappa shape index (κ2) is 9.82. The monoisotopic (exact) mass is 508 g/mol. The van der Waals surface area contributed by atoms with Gasteiger partial charge in [-0.05, 0) is 41.5 Å². The number of amides is 4. The first-order chi connectivity index (χ1) is 16.2. The number of ether oxygens (including phenoxy) is 2. The van der Waals surface area contributed by atoms with Crippen molar-refractivity contribution < 1.29 is 28.7 Å². The van der Waals surface area contributed by atoms with E-state index in [1.807, 2.05) is 0 Å². The molecule has 1 unspecified atom stereocenters. The predicted molar refractivity (Wildman–Crippen MR) is 128 cm³/mol. The Kier molecular flexibility index (Phi) is 7.41. The normalized spacial score (nSPS) is 17.1. The van der Waals surface area contributed by atoms with E-state index in [1.165, 1.54) is 16.4 Å². The first kappa shape index (κ1) is 26.4. The lowest BCUT2D eigenvalue weighted by Crippen LogP contribution is -2.49. The summed E-state index contributed by atoms with van der Waals surface area (Å²) in [7, 11) is 0. The number of hydrogen-bond donors (Lipinski definition) is 2. The number of hydroxylamine groups is 2. The molecule has 3 heterocycles. The highest BCUT2D eigenvalue weighted by molar-refractivity contribution is 7.11. The second-order valence-corrected chi connectivity index (χ2v) is 11.2. The fourth-order valence-corrected chi connectivity index (χ4v) is 4.56. The van der Waals surface area contributed by atoms with Crippen LogP contribution in [0.2, 0.25) is 0 Å². The van der Waals surface area contributed by atoms with Gasteiger partial charge in [-0.3, -0.25) is 15.6 Å². The molecule has 2 aliphatic heterocycles. The topological polar surface area (TPSA) is 137 Å². The smallest absolute Gasteiger partial charge is 0.417 e. The van der Waals surface area contributed by atoms with Crippen molar-refractivity contribution in [3.8, 4) is 0 Å². The fourth-order valence-electron chi connectivity index (χ4n) is 3.42. The van der Waals surface area contributed by atoms with Crippen LogP contribution in [0.1, 0.15) is 63.2 Å². The van der Waals surface area contributed by atoms with Gasteiger partial charge < -0.3 is 14.4 Å². The van der Waals surface area contributed by atoms with Crippen LogP contribution in [0.15, 0.2) is 12.7 Å². The summed E-state index contributed by atoms with van der Waals surface area (Å²) in [4.78, 5) is 51.3. The lowest BCUT2D eigenvalue weighted by atomic mass is 10.1. The van der Waals surface area contributed by atoms with Crippen molar-refractivity contribution in [1.29, 1.82) is 5.41 Å². The number of nitrogens with one attached hydrogen (secondary N) is 2. The van der Waals surface area contributed by atoms with E-state index in [0.717, 1.165) is 9.78 Å². The highest BCUT2D eigenvalue weighted by atomic mass is 32.1. The van der Waals surface area contributed by atoms with Crippen molar-refractivity contribution in [2.75, 3.05) is 13.2 Å². The third kappa shape index (κ3) is 6.48. The molecule has 0 spiro atoms. The fraction of sp³-hybridized carbons (Fsp3) is 0.591. The maximum absolute atomic E-state index is 12.9. The van der Waals surface area contributed by atoms with Crippen LogP contribution >= 0.6 is 11.3 Å². The number of fused-ring (bicyclic) bond motifs is 4. The van der Waals surface area contributed by atoms with Gasteiger partial charge in [0.25, 0.3) is 0 Å². The second-order valence-electron chi connectivity index (χ2n) is 10.0. The van der Waals surface area contributed by atoms with Crippen molar-refractivity contribution in [2.45, 2.75) is 71.9 Å². The Balaban J connectivity index is 1.81. The zero-order chi connectivity index (χ0) is 26.1. The first-order valence-corrected chi connectivity index (χ1v) is 11.9. The summed E-state index contributed by atoms with van der Waals surface area (Å²) < 4.78 is 10.6. The van der Waals surface area contributed by atoms with Gasteiger partial charge in [0.1, 0.15) is 22.3 Å². The van der Waals surface area contributed by atoms with Crippen LogP contribution in [0, 0.1) is 5.41 Å². The molecule has 1 fully saturated rings. The number of hydrogen-bond acceptors (Lipinski definition) is 9. The van der Waals surface area contributed by atoms with Crippen LogP contribution in [0.4, 0.5) is 14.4 Å². The van der Waals surface area contributed by atoms with Crippen LogP contribution in [0.3, 0.4) is 0 Å². The Morgan fingerprint density at radius 3 is 2.51 bits per heavy atom. The minimum atomic E-state index is -0.867. The molecular weight excluding hydrogens is 476 g/mol. The molecule has 0 radical (unpaired) electrons. The highest BCUT2D eigenvalue weighted by Gasteiger charge is 2.46. The quantitative estimate of drug-likeness (QED) is 0.351. The standard InChI is InChI=1S/C22H32N6O6S/c1-8-9-32-28-14-11-26(19(28)30)10-13-16(14)35-15(24-13)12-27(20(31)34-22(5,6)7)17(23)25-18(29)33-21(2,3)4/h8,14H,1,9-12H2,2-7H3,(H2,23,25,29). The average Bonchev–Trinajstić information content (AvgIpc) is 3.21. The van der Waals surface area contributed by atoms with E-state index in [4.69, 9.17) is 19.7 Å². The number of thiazole rings is 1. The number of nitrogens with zero attached hydrogens (tertiary/aromatic N) is 4. The summed E-state index contributed by atoms with van der Waals surface area (Å²) in [6.45, 7) is 14.7. The third-order valence-electron chi connectivity index (χ3n) is 4.68. The summed E-state index contributed by atoms with van der Waals surface area (Å²) >= 11 is 1.32. The Bertz CT molecular complexity index is 1030. The number of alkyl carbamates (subject to hydrolysis) is 1. The highest BCUT2D eigenvalue weighted by Crippen LogP contribution is 2.41. The average molecular weight is 509 g/mol. The minimum absolute atomic E-state index is 0.116. The van der Waals surface area contributed by atoms with Gasteiger partial charge in [-0.2, -0.15) is 5.06 Å². The summed E-state index contributed by atoms with van der Waals surface area (Å²) in [6.07, 6.45) is -0.123. The van der Waals surface area contributed by atoms with E-state index in [9.17, 15) is 14.4 Å². The molecule has 1 atom stereocenters. The molecule has 4 amide bonds. The molecular formula is C22H32N6O6S. The van der Waals surface area contributed by atoms with E-state index in [1.54, 1.807) is 52.5 Å². The van der Waals surface area contributed by atoms with Gasteiger partial charge in [0.2, 0.25) is 5.96 Å². The molecule has 2 aliphatic rings. The lowest BCUT2D eigenvalue weighted by Gasteiger charge is -2.27. The molecule has 1 aromatic rings. The van der Waals surface area contributed by atoms with Crippen molar-refractivity contribution >= 4 is 35.5 Å². The molecule has 1 saturated heterocycles. The maximum Gasteiger partial charge on any atom is 0.417 e. The molecule has 3 rings (SSSR count). The van der Waals surface area contributed by atoms with Crippen LogP contribution < -0.4 is 5.32 Å². The van der Waals surface area contributed by atoms with E-state index in [-0.39, 0.29) is 25.2 Å². The molecule has 0 aromatic carbocycles. The summed E-state index contributed by atoms with van der Waals surface area (Å²) in [5.74, 6) is -0.502. The first-order valence-electron chi connectivity index (χ1n) is 11.1. The maximum atomic E-state index is 12.9. The molecule has 35 heavy (non-hydrogen) atoms. The zero-order valence-electron chi connectivity index (χ0n) is 20.8. The molecule has 13 heteroatoms. The number of urea groups is 1. The van der Waals surface area contributed by atoms with E-state index in [0.29, 0.717) is 23.8 Å². The largest absolute Gasteiger partial charge is 0.444 e. The molecule has 192 valence electrons. The van der Waals surface area contributed by atoms with Gasteiger partial charge in [-0.15, -0.1) is 17.9 Å². The minimum Gasteiger partial charge on any atom is -0.444 e. The number of guanidine groups is 1. The van der Waals surface area contributed by atoms with Crippen LogP contribution in [-0.2, 0) is 27.4 Å². The van der Waals surface area contributed by atoms with E-state index >= 15 is 0 Å². The molecule has 12 nitrogen and oxygen atoms in total. The Morgan fingerprint density at radius 1 is 1.26 bits per heavy atom. The van der Waals surface area contributed by atoms with Gasteiger partial charge in [0.05, 0.1) is 36.8 Å². The Morgan fingerprint density at radius 2 is 1.91 bits per heavy atom. The van der Waals surface area contributed by atoms with Crippen molar-refractivity contribution in [1.82, 2.24) is 25.2 Å². The Hall–Kier alpha value is -3.19. The van der Waals surface area contributed by atoms with Crippen LogP contribution in [-0.4, -0.2) is 68.4 Å². The molecule has 0 aliphatic carbocycles. The number of aromatic nitrogens is 1. The van der Waals surface area contributed by atoms with Crippen molar-refractivity contribution in [3.05, 3.63) is 28.2 Å². The van der Waals surface area contributed by atoms with Gasteiger partial charge >= 0.3 is 18.2 Å². The molecule has 1 aromatic heterocycles.